The van der Waals surface area contributed by atoms with Crippen LogP contribution in [-0.2, 0) is 16.0 Å². The third-order valence-electron chi connectivity index (χ3n) is 3.41. The van der Waals surface area contributed by atoms with Gasteiger partial charge in [0.15, 0.2) is 5.96 Å². The van der Waals surface area contributed by atoms with Crippen LogP contribution in [0.2, 0.25) is 0 Å². The fraction of sp³-hybridized carbons (Fsp3) is 0.714. The van der Waals surface area contributed by atoms with Gasteiger partial charge < -0.3 is 19.7 Å². The number of morpholine rings is 1. The van der Waals surface area contributed by atoms with Gasteiger partial charge in [0.05, 0.1) is 36.6 Å². The summed E-state index contributed by atoms with van der Waals surface area (Å²) in [7, 11) is 3.51. The number of ether oxygens (including phenoxy) is 2. The van der Waals surface area contributed by atoms with Crippen molar-refractivity contribution in [3.63, 3.8) is 0 Å². The van der Waals surface area contributed by atoms with E-state index < -0.39 is 0 Å². The van der Waals surface area contributed by atoms with Gasteiger partial charge in [-0.2, -0.15) is 0 Å². The number of thiazole rings is 1. The molecular formula is C14H24N4O2S. The smallest absolute Gasteiger partial charge is 0.194 e. The number of guanidine groups is 1. The van der Waals surface area contributed by atoms with E-state index in [1.807, 2.05) is 20.9 Å². The number of aryl methyl sites for hydroxylation is 2. The van der Waals surface area contributed by atoms with Crippen molar-refractivity contribution in [3.05, 3.63) is 15.6 Å². The van der Waals surface area contributed by atoms with Gasteiger partial charge in [0, 0.05) is 32.1 Å². The summed E-state index contributed by atoms with van der Waals surface area (Å²) < 4.78 is 10.8. The topological polar surface area (TPSA) is 59.0 Å². The first-order valence-corrected chi connectivity index (χ1v) is 7.94. The standard InChI is InChI=1S/C14H24N4O2S/c1-10-13(21-11(2)17-10)7-16-14(15-3)18-5-6-20-12(8-18)9-19-4/h12H,5-9H2,1-4H3,(H,15,16). The quantitative estimate of drug-likeness (QED) is 0.668. The van der Waals surface area contributed by atoms with Crippen molar-refractivity contribution in [3.8, 4) is 0 Å². The van der Waals surface area contributed by atoms with Crippen LogP contribution in [0.3, 0.4) is 0 Å². The summed E-state index contributed by atoms with van der Waals surface area (Å²) in [5.74, 6) is 0.907. The highest BCUT2D eigenvalue weighted by Crippen LogP contribution is 2.16. The molecule has 7 heteroatoms. The summed E-state index contributed by atoms with van der Waals surface area (Å²) in [6.45, 7) is 7.80. The molecule has 1 N–H and O–H groups in total. The second-order valence-corrected chi connectivity index (χ2v) is 6.32. The Morgan fingerprint density at radius 2 is 2.38 bits per heavy atom. The zero-order valence-corrected chi connectivity index (χ0v) is 14.0. The molecule has 0 spiro atoms. The van der Waals surface area contributed by atoms with Crippen molar-refractivity contribution in [2.45, 2.75) is 26.5 Å². The molecule has 1 fully saturated rings. The van der Waals surface area contributed by atoms with Gasteiger partial charge in [0.25, 0.3) is 0 Å². The third-order valence-corrected chi connectivity index (χ3v) is 4.48. The Morgan fingerprint density at radius 1 is 1.57 bits per heavy atom. The molecule has 1 aromatic rings. The van der Waals surface area contributed by atoms with Crippen molar-refractivity contribution in [2.24, 2.45) is 4.99 Å². The Bertz CT molecular complexity index is 487. The molecule has 1 atom stereocenters. The Kier molecular flexibility index (Phi) is 5.96. The predicted octanol–water partition coefficient (Wildman–Crippen LogP) is 1.18. The van der Waals surface area contributed by atoms with Crippen LogP contribution in [-0.4, -0.2) is 62.4 Å². The molecule has 0 amide bonds. The Labute approximate surface area is 130 Å². The summed E-state index contributed by atoms with van der Waals surface area (Å²) >= 11 is 1.73. The van der Waals surface area contributed by atoms with Crippen LogP contribution in [0.4, 0.5) is 0 Å². The first-order valence-electron chi connectivity index (χ1n) is 7.13. The normalized spacial score (nSPS) is 19.9. The number of nitrogens with one attached hydrogen (secondary N) is 1. The minimum atomic E-state index is 0.106. The number of aliphatic imine (C=N–C) groups is 1. The summed E-state index contributed by atoms with van der Waals surface area (Å²) in [6.07, 6.45) is 0.106. The highest BCUT2D eigenvalue weighted by molar-refractivity contribution is 7.11. The molecule has 6 nitrogen and oxygen atoms in total. The van der Waals surface area contributed by atoms with E-state index >= 15 is 0 Å². The van der Waals surface area contributed by atoms with E-state index in [2.05, 4.69) is 20.2 Å². The molecule has 21 heavy (non-hydrogen) atoms. The second-order valence-electron chi connectivity index (χ2n) is 5.04. The maximum absolute atomic E-state index is 5.67. The first-order chi connectivity index (χ1) is 10.1. The van der Waals surface area contributed by atoms with Crippen molar-refractivity contribution >= 4 is 17.3 Å². The van der Waals surface area contributed by atoms with Crippen LogP contribution in [0, 0.1) is 13.8 Å². The van der Waals surface area contributed by atoms with Gasteiger partial charge in [-0.1, -0.05) is 0 Å². The van der Waals surface area contributed by atoms with E-state index in [9.17, 15) is 0 Å². The molecule has 0 aliphatic carbocycles. The maximum atomic E-state index is 5.67. The molecule has 0 saturated carbocycles. The molecule has 0 radical (unpaired) electrons. The summed E-state index contributed by atoms with van der Waals surface area (Å²) in [5.41, 5.74) is 1.10. The number of nitrogens with zero attached hydrogens (tertiary/aromatic N) is 3. The van der Waals surface area contributed by atoms with E-state index in [0.717, 1.165) is 36.3 Å². The van der Waals surface area contributed by atoms with Crippen molar-refractivity contribution in [1.29, 1.82) is 0 Å². The number of hydrogen-bond acceptors (Lipinski definition) is 5. The SMILES string of the molecule is CN=C(NCc1sc(C)nc1C)N1CCOC(COC)C1. The highest BCUT2D eigenvalue weighted by Gasteiger charge is 2.22. The molecule has 0 bridgehead atoms. The average molecular weight is 312 g/mol. The van der Waals surface area contributed by atoms with Crippen LogP contribution in [0.15, 0.2) is 4.99 Å². The van der Waals surface area contributed by atoms with Crippen molar-refractivity contribution < 1.29 is 9.47 Å². The summed E-state index contributed by atoms with van der Waals surface area (Å²) in [4.78, 5) is 12.3. The van der Waals surface area contributed by atoms with Gasteiger partial charge in [-0.05, 0) is 13.8 Å². The Hall–Kier alpha value is -1.18. The fourth-order valence-electron chi connectivity index (χ4n) is 2.43. The third kappa shape index (κ3) is 4.39. The van der Waals surface area contributed by atoms with Gasteiger partial charge in [0.2, 0.25) is 0 Å². The van der Waals surface area contributed by atoms with E-state index in [0.29, 0.717) is 13.2 Å². The Balaban J connectivity index is 1.92. The predicted molar refractivity (Wildman–Crippen MR) is 85.0 cm³/mol. The molecule has 2 rings (SSSR count). The number of methoxy groups -OCH3 is 1. The fourth-order valence-corrected chi connectivity index (χ4v) is 3.30. The largest absolute Gasteiger partial charge is 0.382 e. The molecule has 1 saturated heterocycles. The molecule has 1 aliphatic rings. The molecule has 118 valence electrons. The molecule has 1 aromatic heterocycles. The number of aromatic nitrogens is 1. The van der Waals surface area contributed by atoms with Crippen LogP contribution in [0.5, 0.6) is 0 Å². The minimum Gasteiger partial charge on any atom is -0.382 e. The van der Waals surface area contributed by atoms with E-state index in [1.54, 1.807) is 18.4 Å². The van der Waals surface area contributed by atoms with E-state index in [-0.39, 0.29) is 6.10 Å². The molecule has 1 unspecified atom stereocenters. The lowest BCUT2D eigenvalue weighted by molar-refractivity contribution is -0.0447. The van der Waals surface area contributed by atoms with Gasteiger partial charge in [-0.3, -0.25) is 4.99 Å². The Morgan fingerprint density at radius 3 is 3.00 bits per heavy atom. The molecular weight excluding hydrogens is 288 g/mol. The van der Waals surface area contributed by atoms with Crippen LogP contribution in [0.25, 0.3) is 0 Å². The lowest BCUT2D eigenvalue weighted by Gasteiger charge is -2.34. The monoisotopic (exact) mass is 312 g/mol. The van der Waals surface area contributed by atoms with Gasteiger partial charge in [0.1, 0.15) is 0 Å². The zero-order chi connectivity index (χ0) is 15.2. The highest BCUT2D eigenvalue weighted by atomic mass is 32.1. The lowest BCUT2D eigenvalue weighted by atomic mass is 10.3. The maximum Gasteiger partial charge on any atom is 0.194 e. The first kappa shape index (κ1) is 16.2. The summed E-state index contributed by atoms with van der Waals surface area (Å²) in [6, 6.07) is 0. The van der Waals surface area contributed by atoms with Crippen LogP contribution < -0.4 is 5.32 Å². The van der Waals surface area contributed by atoms with Crippen molar-refractivity contribution in [1.82, 2.24) is 15.2 Å². The zero-order valence-electron chi connectivity index (χ0n) is 13.2. The van der Waals surface area contributed by atoms with E-state index in [1.165, 1.54) is 4.88 Å². The second kappa shape index (κ2) is 7.72. The van der Waals surface area contributed by atoms with Crippen LogP contribution in [0.1, 0.15) is 15.6 Å². The minimum absolute atomic E-state index is 0.106. The lowest BCUT2D eigenvalue weighted by Crippen LogP contribution is -2.51. The van der Waals surface area contributed by atoms with Crippen LogP contribution >= 0.6 is 11.3 Å². The molecule has 0 aromatic carbocycles. The average Bonchev–Trinajstić information content (AvgIpc) is 2.79. The molecule has 1 aliphatic heterocycles. The van der Waals surface area contributed by atoms with Gasteiger partial charge in [-0.15, -0.1) is 11.3 Å². The van der Waals surface area contributed by atoms with Crippen molar-refractivity contribution in [2.75, 3.05) is 40.5 Å². The summed E-state index contributed by atoms with van der Waals surface area (Å²) in [5, 5.41) is 4.52. The van der Waals surface area contributed by atoms with Gasteiger partial charge >= 0.3 is 0 Å². The van der Waals surface area contributed by atoms with Gasteiger partial charge in [-0.25, -0.2) is 4.98 Å². The molecule has 2 heterocycles. The number of hydrogen-bond donors (Lipinski definition) is 1. The number of rotatable bonds is 4. The van der Waals surface area contributed by atoms with E-state index in [4.69, 9.17) is 9.47 Å².